The Kier molecular flexibility index (Phi) is 3.97. The predicted octanol–water partition coefficient (Wildman–Crippen LogP) is 0.725. The van der Waals surface area contributed by atoms with Crippen molar-refractivity contribution in [1.29, 1.82) is 0 Å². The number of carboxylic acids is 1. The molecule has 18 heavy (non-hydrogen) atoms. The van der Waals surface area contributed by atoms with Gasteiger partial charge in [0.2, 0.25) is 0 Å². The normalized spacial score (nSPS) is 23.3. The van der Waals surface area contributed by atoms with Crippen LogP contribution < -0.4 is 10.4 Å². The molecule has 96 valence electrons. The van der Waals surface area contributed by atoms with E-state index in [1.165, 1.54) is 0 Å². The third-order valence-electron chi connectivity index (χ3n) is 3.42. The van der Waals surface area contributed by atoms with Crippen LogP contribution in [0.15, 0.2) is 30.3 Å². The highest BCUT2D eigenvalue weighted by atomic mass is 16.4. The second-order valence-corrected chi connectivity index (χ2v) is 4.66. The van der Waals surface area contributed by atoms with Crippen molar-refractivity contribution >= 4 is 11.9 Å². The van der Waals surface area contributed by atoms with Gasteiger partial charge < -0.3 is 15.2 Å². The Morgan fingerprint density at radius 3 is 2.44 bits per heavy atom. The Morgan fingerprint density at radius 2 is 1.78 bits per heavy atom. The third kappa shape index (κ3) is 2.88. The Bertz CT molecular complexity index is 430. The van der Waals surface area contributed by atoms with Gasteiger partial charge in [0.25, 0.3) is 5.91 Å². The van der Waals surface area contributed by atoms with Gasteiger partial charge in [0.15, 0.2) is 0 Å². The van der Waals surface area contributed by atoms with Crippen LogP contribution in [0.4, 0.5) is 0 Å². The molecule has 1 amide bonds. The molecular weight excluding hydrogens is 230 g/mol. The molecule has 2 rings (SSSR count). The van der Waals surface area contributed by atoms with Gasteiger partial charge in [0.1, 0.15) is 0 Å². The van der Waals surface area contributed by atoms with E-state index in [-0.39, 0.29) is 11.9 Å². The summed E-state index contributed by atoms with van der Waals surface area (Å²) in [5.74, 6) is -1.84. The molecule has 1 aliphatic rings. The molecule has 1 aromatic carbocycles. The maximum atomic E-state index is 12.0. The van der Waals surface area contributed by atoms with Crippen LogP contribution >= 0.6 is 0 Å². The van der Waals surface area contributed by atoms with Crippen molar-refractivity contribution in [3.63, 3.8) is 0 Å². The molecule has 4 heteroatoms. The van der Waals surface area contributed by atoms with Crippen LogP contribution in [0.1, 0.15) is 36.0 Å². The molecule has 0 radical (unpaired) electrons. The van der Waals surface area contributed by atoms with Gasteiger partial charge in [0, 0.05) is 23.5 Å². The average Bonchev–Trinajstić information content (AvgIpc) is 2.40. The number of amides is 1. The van der Waals surface area contributed by atoms with E-state index in [0.717, 1.165) is 12.8 Å². The van der Waals surface area contributed by atoms with Gasteiger partial charge in [-0.3, -0.25) is 4.79 Å². The second kappa shape index (κ2) is 5.67. The van der Waals surface area contributed by atoms with Crippen LogP contribution in [0.25, 0.3) is 0 Å². The van der Waals surface area contributed by atoms with E-state index in [1.807, 2.05) is 6.07 Å². The maximum Gasteiger partial charge on any atom is 0.251 e. The number of carbonyl (C=O) groups excluding carboxylic acids is 2. The van der Waals surface area contributed by atoms with Crippen molar-refractivity contribution in [3.8, 4) is 0 Å². The molecule has 0 aromatic heterocycles. The third-order valence-corrected chi connectivity index (χ3v) is 3.42. The minimum Gasteiger partial charge on any atom is -0.550 e. The highest BCUT2D eigenvalue weighted by molar-refractivity contribution is 5.94. The van der Waals surface area contributed by atoms with Gasteiger partial charge >= 0.3 is 0 Å². The molecule has 0 unspecified atom stereocenters. The lowest BCUT2D eigenvalue weighted by atomic mass is 9.84. The Balaban J connectivity index is 2.03. The number of carbonyl (C=O) groups is 2. The monoisotopic (exact) mass is 246 g/mol. The zero-order valence-corrected chi connectivity index (χ0v) is 10.1. The van der Waals surface area contributed by atoms with Gasteiger partial charge in [-0.2, -0.15) is 0 Å². The fraction of sp³-hybridized carbons (Fsp3) is 0.429. The Hall–Kier alpha value is -1.84. The van der Waals surface area contributed by atoms with Gasteiger partial charge in [-0.05, 0) is 25.0 Å². The summed E-state index contributed by atoms with van der Waals surface area (Å²) in [7, 11) is 0. The number of hydrogen-bond acceptors (Lipinski definition) is 3. The minimum absolute atomic E-state index is 0.214. The van der Waals surface area contributed by atoms with Crippen molar-refractivity contribution in [1.82, 2.24) is 5.32 Å². The molecule has 1 aliphatic carbocycles. The summed E-state index contributed by atoms with van der Waals surface area (Å²) in [5.41, 5.74) is 0.556. The minimum atomic E-state index is -1.06. The molecule has 0 aliphatic heterocycles. The van der Waals surface area contributed by atoms with Crippen LogP contribution in [0, 0.1) is 5.92 Å². The first-order valence-corrected chi connectivity index (χ1v) is 6.25. The van der Waals surface area contributed by atoms with E-state index in [1.54, 1.807) is 24.3 Å². The van der Waals surface area contributed by atoms with Crippen molar-refractivity contribution < 1.29 is 14.7 Å². The van der Waals surface area contributed by atoms with E-state index >= 15 is 0 Å². The quantitative estimate of drug-likeness (QED) is 0.854. The number of benzene rings is 1. The summed E-state index contributed by atoms with van der Waals surface area (Å²) in [6.45, 7) is 0. The molecule has 1 saturated carbocycles. The molecule has 4 nitrogen and oxygen atoms in total. The van der Waals surface area contributed by atoms with Gasteiger partial charge in [-0.15, -0.1) is 0 Å². The zero-order valence-electron chi connectivity index (χ0n) is 10.1. The Morgan fingerprint density at radius 1 is 1.11 bits per heavy atom. The van der Waals surface area contributed by atoms with Crippen LogP contribution in [0.2, 0.25) is 0 Å². The topological polar surface area (TPSA) is 69.2 Å². The molecule has 0 saturated heterocycles. The summed E-state index contributed by atoms with van der Waals surface area (Å²) in [6, 6.07) is 8.52. The standard InChI is InChI=1S/C14H17NO3/c16-13(10-6-2-1-3-7-10)15-12-9-5-4-8-11(12)14(17)18/h1-3,6-7,11-12H,4-5,8-9H2,(H,15,16)(H,17,18)/p-1/t11-,12-/m1/s1. The SMILES string of the molecule is O=C(N[C@@H]1CCCC[C@H]1C(=O)[O-])c1ccccc1. The van der Waals surface area contributed by atoms with Crippen LogP contribution in [0.3, 0.4) is 0 Å². The smallest absolute Gasteiger partial charge is 0.251 e. The van der Waals surface area contributed by atoms with Crippen molar-refractivity contribution in [3.05, 3.63) is 35.9 Å². The molecule has 0 heterocycles. The lowest BCUT2D eigenvalue weighted by molar-refractivity contribution is -0.313. The van der Waals surface area contributed by atoms with Crippen molar-refractivity contribution in [2.24, 2.45) is 5.92 Å². The number of aliphatic carboxylic acids is 1. The number of rotatable bonds is 3. The van der Waals surface area contributed by atoms with E-state index in [4.69, 9.17) is 0 Å². The van der Waals surface area contributed by atoms with E-state index in [0.29, 0.717) is 18.4 Å². The molecule has 1 fully saturated rings. The lowest BCUT2D eigenvalue weighted by Crippen LogP contribution is -2.49. The molecule has 2 atom stereocenters. The first kappa shape index (κ1) is 12.6. The van der Waals surface area contributed by atoms with Gasteiger partial charge in [0.05, 0.1) is 0 Å². The lowest BCUT2D eigenvalue weighted by Gasteiger charge is -2.32. The largest absolute Gasteiger partial charge is 0.550 e. The summed E-state index contributed by atoms with van der Waals surface area (Å²) in [5, 5.41) is 13.8. The summed E-state index contributed by atoms with van der Waals surface area (Å²) in [6.07, 6.45) is 3.12. The summed E-state index contributed by atoms with van der Waals surface area (Å²) in [4.78, 5) is 23.0. The highest BCUT2D eigenvalue weighted by Crippen LogP contribution is 2.24. The molecule has 0 bridgehead atoms. The molecule has 1 aromatic rings. The maximum absolute atomic E-state index is 12.0. The Labute approximate surface area is 106 Å². The van der Waals surface area contributed by atoms with E-state index in [2.05, 4.69) is 5.32 Å². The summed E-state index contributed by atoms with van der Waals surface area (Å²) >= 11 is 0. The van der Waals surface area contributed by atoms with Crippen LogP contribution in [-0.4, -0.2) is 17.9 Å². The van der Waals surface area contributed by atoms with Crippen molar-refractivity contribution in [2.45, 2.75) is 31.7 Å². The number of hydrogen-bond donors (Lipinski definition) is 1. The molecule has 1 N–H and O–H groups in total. The first-order valence-electron chi connectivity index (χ1n) is 6.25. The van der Waals surface area contributed by atoms with Crippen molar-refractivity contribution in [2.75, 3.05) is 0 Å². The van der Waals surface area contributed by atoms with Gasteiger partial charge in [-0.25, -0.2) is 0 Å². The highest BCUT2D eigenvalue weighted by Gasteiger charge is 2.27. The molecular formula is C14H16NO3-. The average molecular weight is 246 g/mol. The molecule has 0 spiro atoms. The zero-order chi connectivity index (χ0) is 13.0. The number of carboxylic acid groups (broad SMARTS) is 1. The van der Waals surface area contributed by atoms with E-state index < -0.39 is 11.9 Å². The fourth-order valence-electron chi connectivity index (χ4n) is 2.43. The van der Waals surface area contributed by atoms with E-state index in [9.17, 15) is 14.7 Å². The second-order valence-electron chi connectivity index (χ2n) is 4.66. The fourth-order valence-corrected chi connectivity index (χ4v) is 2.43. The summed E-state index contributed by atoms with van der Waals surface area (Å²) < 4.78 is 0. The van der Waals surface area contributed by atoms with Gasteiger partial charge in [-0.1, -0.05) is 31.0 Å². The van der Waals surface area contributed by atoms with Crippen LogP contribution in [-0.2, 0) is 4.79 Å². The van der Waals surface area contributed by atoms with Crippen LogP contribution in [0.5, 0.6) is 0 Å². The number of nitrogens with one attached hydrogen (secondary N) is 1. The first-order chi connectivity index (χ1) is 8.68. The predicted molar refractivity (Wildman–Crippen MR) is 64.7 cm³/mol.